The molecule has 1 aromatic carbocycles. The molecule has 0 N–H and O–H groups in total. The fourth-order valence-electron chi connectivity index (χ4n) is 2.64. The summed E-state index contributed by atoms with van der Waals surface area (Å²) in [6, 6.07) is 8.42. The molecule has 0 radical (unpaired) electrons. The van der Waals surface area contributed by atoms with Crippen molar-refractivity contribution in [2.24, 2.45) is 5.92 Å². The summed E-state index contributed by atoms with van der Waals surface area (Å²) in [5.41, 5.74) is 1.48. The average Bonchev–Trinajstić information content (AvgIpc) is 2.30. The SMILES string of the molecule is CCC1CCC(c2ccc(Cl)cc2)CC1. The number of benzene rings is 1. The van der Waals surface area contributed by atoms with Gasteiger partial charge in [0.1, 0.15) is 0 Å². The molecule has 1 aromatic rings. The van der Waals surface area contributed by atoms with Crippen LogP contribution in [0, 0.1) is 5.92 Å². The van der Waals surface area contributed by atoms with Gasteiger partial charge in [-0.3, -0.25) is 0 Å². The summed E-state index contributed by atoms with van der Waals surface area (Å²) in [5.74, 6) is 1.76. The monoisotopic (exact) mass is 222 g/mol. The molecule has 0 spiro atoms. The van der Waals surface area contributed by atoms with Gasteiger partial charge in [0.05, 0.1) is 0 Å². The molecule has 0 aliphatic heterocycles. The van der Waals surface area contributed by atoms with Crippen LogP contribution in [0.5, 0.6) is 0 Å². The number of hydrogen-bond donors (Lipinski definition) is 0. The van der Waals surface area contributed by atoms with E-state index in [1.54, 1.807) is 0 Å². The molecule has 2 rings (SSSR count). The van der Waals surface area contributed by atoms with E-state index >= 15 is 0 Å². The van der Waals surface area contributed by atoms with Gasteiger partial charge in [-0.05, 0) is 55.2 Å². The molecule has 0 bridgehead atoms. The number of hydrogen-bond acceptors (Lipinski definition) is 0. The minimum atomic E-state index is 0.782. The normalized spacial score (nSPS) is 26.5. The van der Waals surface area contributed by atoms with Crippen LogP contribution < -0.4 is 0 Å². The van der Waals surface area contributed by atoms with Gasteiger partial charge in [0, 0.05) is 5.02 Å². The zero-order valence-electron chi connectivity index (χ0n) is 9.38. The highest BCUT2D eigenvalue weighted by atomic mass is 35.5. The van der Waals surface area contributed by atoms with Crippen molar-refractivity contribution >= 4 is 11.6 Å². The van der Waals surface area contributed by atoms with Gasteiger partial charge < -0.3 is 0 Å². The average molecular weight is 223 g/mol. The Hall–Kier alpha value is -0.490. The van der Waals surface area contributed by atoms with Crippen molar-refractivity contribution in [3.8, 4) is 0 Å². The van der Waals surface area contributed by atoms with Crippen molar-refractivity contribution in [3.05, 3.63) is 34.9 Å². The standard InChI is InChI=1S/C14H19Cl/c1-2-11-3-5-12(6-4-11)13-7-9-14(15)10-8-13/h7-12H,2-6H2,1H3. The minimum absolute atomic E-state index is 0.782. The van der Waals surface area contributed by atoms with E-state index < -0.39 is 0 Å². The fourth-order valence-corrected chi connectivity index (χ4v) is 2.76. The molecular weight excluding hydrogens is 204 g/mol. The van der Waals surface area contributed by atoms with Crippen LogP contribution in [0.15, 0.2) is 24.3 Å². The van der Waals surface area contributed by atoms with Crippen molar-refractivity contribution in [1.82, 2.24) is 0 Å². The van der Waals surface area contributed by atoms with Gasteiger partial charge >= 0.3 is 0 Å². The summed E-state index contributed by atoms with van der Waals surface area (Å²) in [7, 11) is 0. The molecule has 1 aliphatic carbocycles. The van der Waals surface area contributed by atoms with Gasteiger partial charge in [-0.25, -0.2) is 0 Å². The van der Waals surface area contributed by atoms with Crippen molar-refractivity contribution in [2.75, 3.05) is 0 Å². The Kier molecular flexibility index (Phi) is 3.69. The molecule has 1 heteroatoms. The second-order valence-corrected chi connectivity index (χ2v) is 5.11. The van der Waals surface area contributed by atoms with E-state index in [0.717, 1.165) is 16.9 Å². The lowest BCUT2D eigenvalue weighted by Gasteiger charge is -2.28. The zero-order chi connectivity index (χ0) is 10.7. The molecule has 0 unspecified atom stereocenters. The molecule has 0 saturated heterocycles. The molecule has 0 aromatic heterocycles. The van der Waals surface area contributed by atoms with Gasteiger partial charge in [-0.2, -0.15) is 0 Å². The van der Waals surface area contributed by atoms with Crippen LogP contribution in [0.4, 0.5) is 0 Å². The summed E-state index contributed by atoms with van der Waals surface area (Å²) in [6.07, 6.45) is 6.89. The van der Waals surface area contributed by atoms with Crippen LogP contribution in [0.3, 0.4) is 0 Å². The first-order chi connectivity index (χ1) is 7.29. The van der Waals surface area contributed by atoms with Crippen LogP contribution in [0.2, 0.25) is 5.02 Å². The summed E-state index contributed by atoms with van der Waals surface area (Å²) in [6.45, 7) is 2.31. The highest BCUT2D eigenvalue weighted by Crippen LogP contribution is 2.37. The Labute approximate surface area is 97.6 Å². The predicted octanol–water partition coefficient (Wildman–Crippen LogP) is 5.02. The van der Waals surface area contributed by atoms with E-state index in [0.29, 0.717) is 0 Å². The minimum Gasteiger partial charge on any atom is -0.0843 e. The van der Waals surface area contributed by atoms with Gasteiger partial charge in [0.15, 0.2) is 0 Å². The summed E-state index contributed by atoms with van der Waals surface area (Å²) < 4.78 is 0. The highest BCUT2D eigenvalue weighted by molar-refractivity contribution is 6.30. The third kappa shape index (κ3) is 2.75. The quantitative estimate of drug-likeness (QED) is 0.659. The summed E-state index contributed by atoms with van der Waals surface area (Å²) in [4.78, 5) is 0. The fraction of sp³-hybridized carbons (Fsp3) is 0.571. The Morgan fingerprint density at radius 2 is 1.67 bits per heavy atom. The van der Waals surface area contributed by atoms with Gasteiger partial charge in [-0.1, -0.05) is 37.1 Å². The second-order valence-electron chi connectivity index (χ2n) is 4.68. The van der Waals surface area contributed by atoms with Crippen LogP contribution in [-0.2, 0) is 0 Å². The molecule has 0 atom stereocenters. The van der Waals surface area contributed by atoms with Crippen LogP contribution in [0.25, 0.3) is 0 Å². The van der Waals surface area contributed by atoms with E-state index in [-0.39, 0.29) is 0 Å². The Morgan fingerprint density at radius 3 is 2.20 bits per heavy atom. The van der Waals surface area contributed by atoms with E-state index in [1.807, 2.05) is 12.1 Å². The molecule has 0 amide bonds. The van der Waals surface area contributed by atoms with Crippen LogP contribution in [-0.4, -0.2) is 0 Å². The zero-order valence-corrected chi connectivity index (χ0v) is 10.1. The lowest BCUT2D eigenvalue weighted by molar-refractivity contribution is 0.319. The van der Waals surface area contributed by atoms with Crippen molar-refractivity contribution < 1.29 is 0 Å². The van der Waals surface area contributed by atoms with Gasteiger partial charge in [0.2, 0.25) is 0 Å². The molecular formula is C14H19Cl. The third-order valence-corrected chi connectivity index (χ3v) is 4.02. The molecule has 82 valence electrons. The van der Waals surface area contributed by atoms with E-state index in [4.69, 9.17) is 11.6 Å². The molecule has 1 fully saturated rings. The van der Waals surface area contributed by atoms with E-state index in [9.17, 15) is 0 Å². The predicted molar refractivity (Wildman–Crippen MR) is 66.4 cm³/mol. The second kappa shape index (κ2) is 5.03. The topological polar surface area (TPSA) is 0 Å². The molecule has 0 heterocycles. The largest absolute Gasteiger partial charge is 0.0843 e. The van der Waals surface area contributed by atoms with Gasteiger partial charge in [0.25, 0.3) is 0 Å². The number of rotatable bonds is 2. The Balaban J connectivity index is 1.98. The first-order valence-corrected chi connectivity index (χ1v) is 6.43. The Bertz CT molecular complexity index is 294. The van der Waals surface area contributed by atoms with Crippen molar-refractivity contribution in [2.45, 2.75) is 44.9 Å². The molecule has 0 nitrogen and oxygen atoms in total. The third-order valence-electron chi connectivity index (χ3n) is 3.77. The number of halogens is 1. The molecule has 15 heavy (non-hydrogen) atoms. The first-order valence-electron chi connectivity index (χ1n) is 6.05. The van der Waals surface area contributed by atoms with Crippen LogP contribution in [0.1, 0.15) is 50.5 Å². The lowest BCUT2D eigenvalue weighted by atomic mass is 9.78. The molecule has 1 saturated carbocycles. The van der Waals surface area contributed by atoms with E-state index in [2.05, 4.69) is 19.1 Å². The summed E-state index contributed by atoms with van der Waals surface area (Å²) in [5, 5.41) is 0.848. The maximum Gasteiger partial charge on any atom is 0.0406 e. The van der Waals surface area contributed by atoms with Crippen LogP contribution >= 0.6 is 11.6 Å². The van der Waals surface area contributed by atoms with Crippen molar-refractivity contribution in [3.63, 3.8) is 0 Å². The Morgan fingerprint density at radius 1 is 1.07 bits per heavy atom. The van der Waals surface area contributed by atoms with E-state index in [1.165, 1.54) is 37.7 Å². The maximum atomic E-state index is 5.90. The highest BCUT2D eigenvalue weighted by Gasteiger charge is 2.20. The maximum absolute atomic E-state index is 5.90. The first kappa shape index (κ1) is 11.0. The van der Waals surface area contributed by atoms with Crippen molar-refractivity contribution in [1.29, 1.82) is 0 Å². The summed E-state index contributed by atoms with van der Waals surface area (Å²) >= 11 is 5.90. The molecule has 1 aliphatic rings. The smallest absolute Gasteiger partial charge is 0.0406 e. The lowest BCUT2D eigenvalue weighted by Crippen LogP contribution is -2.12. The van der Waals surface area contributed by atoms with Gasteiger partial charge in [-0.15, -0.1) is 0 Å².